The number of benzene rings is 1. The van der Waals surface area contributed by atoms with Gasteiger partial charge in [-0.2, -0.15) is 5.10 Å². The molecule has 0 atom stereocenters. The van der Waals surface area contributed by atoms with Gasteiger partial charge in [0.25, 0.3) is 0 Å². The first-order valence-electron chi connectivity index (χ1n) is 10.2. The predicted molar refractivity (Wildman–Crippen MR) is 131 cm³/mol. The van der Waals surface area contributed by atoms with Crippen LogP contribution in [-0.4, -0.2) is 54.2 Å². The first-order valence-corrected chi connectivity index (χ1v) is 10.2. The number of hydrogen-bond donors (Lipinski definition) is 2. The van der Waals surface area contributed by atoms with Crippen LogP contribution in [0.2, 0.25) is 0 Å². The first-order chi connectivity index (χ1) is 14.0. The van der Waals surface area contributed by atoms with Crippen LogP contribution >= 0.6 is 24.0 Å². The molecule has 1 heterocycles. The Kier molecular flexibility index (Phi) is 9.13. The molecule has 1 aromatic heterocycles. The van der Waals surface area contributed by atoms with Gasteiger partial charge in [0.15, 0.2) is 5.96 Å². The van der Waals surface area contributed by atoms with Crippen LogP contribution in [0, 0.1) is 5.41 Å². The molecule has 1 fully saturated rings. The van der Waals surface area contributed by atoms with Crippen molar-refractivity contribution in [3.05, 3.63) is 53.9 Å². The maximum Gasteiger partial charge on any atom is 0.230 e. The second kappa shape index (κ2) is 11.3. The Morgan fingerprint density at radius 2 is 1.87 bits per heavy atom. The van der Waals surface area contributed by atoms with Crippen molar-refractivity contribution < 1.29 is 4.79 Å². The number of carbonyl (C=O) groups excluding carboxylic acids is 1. The van der Waals surface area contributed by atoms with Crippen LogP contribution in [0.1, 0.15) is 36.8 Å². The molecule has 2 N–H and O–H groups in total. The second-order valence-electron chi connectivity index (χ2n) is 7.94. The zero-order chi connectivity index (χ0) is 20.7. The molecule has 1 aliphatic rings. The highest BCUT2D eigenvalue weighted by Crippen LogP contribution is 2.38. The molecule has 8 heteroatoms. The normalized spacial score (nSPS) is 15.4. The molecule has 0 bridgehead atoms. The smallest absolute Gasteiger partial charge is 0.230 e. The van der Waals surface area contributed by atoms with E-state index >= 15 is 0 Å². The monoisotopic (exact) mass is 524 g/mol. The molecule has 0 radical (unpaired) electrons. The summed E-state index contributed by atoms with van der Waals surface area (Å²) in [7, 11) is 5.44. The van der Waals surface area contributed by atoms with Crippen molar-refractivity contribution in [2.24, 2.45) is 10.4 Å². The minimum absolute atomic E-state index is 0. The van der Waals surface area contributed by atoms with Crippen molar-refractivity contribution in [1.82, 2.24) is 25.3 Å². The molecule has 3 rings (SSSR count). The van der Waals surface area contributed by atoms with E-state index in [2.05, 4.69) is 32.9 Å². The number of nitrogens with zero attached hydrogens (tertiary/aromatic N) is 4. The third kappa shape index (κ3) is 5.96. The molecule has 0 unspecified atom stereocenters. The summed E-state index contributed by atoms with van der Waals surface area (Å²) in [4.78, 5) is 18.8. The number of halogens is 1. The van der Waals surface area contributed by atoms with Gasteiger partial charge in [-0.25, -0.2) is 0 Å². The lowest BCUT2D eigenvalue weighted by atomic mass is 9.84. The topological polar surface area (TPSA) is 74.5 Å². The molecule has 30 heavy (non-hydrogen) atoms. The standard InChI is InChI=1S/C22H32N6O.HI/c1-23-21(25-17-22(11-6-7-12-22)20(29)27(2)3)24-15-18-9-4-5-10-19(18)16-28-14-8-13-26-28;/h4-5,8-10,13-14H,6-7,11-12,15-17H2,1-3H3,(H2,23,24,25);1H. The van der Waals surface area contributed by atoms with Gasteiger partial charge in [0.1, 0.15) is 0 Å². The van der Waals surface area contributed by atoms with Crippen LogP contribution in [0.15, 0.2) is 47.7 Å². The molecule has 0 aliphatic heterocycles. The average Bonchev–Trinajstić information content (AvgIpc) is 3.41. The number of nitrogens with one attached hydrogen (secondary N) is 2. The van der Waals surface area contributed by atoms with E-state index in [4.69, 9.17) is 0 Å². The fourth-order valence-electron chi connectivity index (χ4n) is 4.10. The highest BCUT2D eigenvalue weighted by molar-refractivity contribution is 14.0. The van der Waals surface area contributed by atoms with Gasteiger partial charge >= 0.3 is 0 Å². The van der Waals surface area contributed by atoms with Gasteiger partial charge in [-0.15, -0.1) is 24.0 Å². The van der Waals surface area contributed by atoms with Crippen molar-refractivity contribution >= 4 is 35.8 Å². The number of guanidine groups is 1. The predicted octanol–water partition coefficient (Wildman–Crippen LogP) is 2.86. The third-order valence-electron chi connectivity index (χ3n) is 5.69. The van der Waals surface area contributed by atoms with E-state index in [9.17, 15) is 4.79 Å². The van der Waals surface area contributed by atoms with E-state index in [1.807, 2.05) is 43.2 Å². The summed E-state index contributed by atoms with van der Waals surface area (Å²) in [6, 6.07) is 10.3. The molecule has 164 valence electrons. The molecule has 1 amide bonds. The number of aliphatic imine (C=N–C) groups is 1. The summed E-state index contributed by atoms with van der Waals surface area (Å²) in [5.41, 5.74) is 2.10. The SMILES string of the molecule is CN=C(NCc1ccccc1Cn1cccn1)NCC1(C(=O)N(C)C)CCCC1.I. The molecule has 0 spiro atoms. The third-order valence-corrected chi connectivity index (χ3v) is 5.69. The van der Waals surface area contributed by atoms with E-state index in [1.165, 1.54) is 11.1 Å². The maximum atomic E-state index is 12.8. The molecule has 1 aliphatic carbocycles. The summed E-state index contributed by atoms with van der Waals surface area (Å²) in [5.74, 6) is 0.930. The van der Waals surface area contributed by atoms with E-state index in [0.29, 0.717) is 13.1 Å². The van der Waals surface area contributed by atoms with Gasteiger partial charge in [-0.1, -0.05) is 37.1 Å². The molecular formula is C22H33IN6O. The Morgan fingerprint density at radius 3 is 2.47 bits per heavy atom. The Bertz CT molecular complexity index is 828. The van der Waals surface area contributed by atoms with E-state index < -0.39 is 0 Å². The minimum atomic E-state index is -0.320. The number of amides is 1. The Hall–Kier alpha value is -2.10. The maximum absolute atomic E-state index is 12.8. The molecule has 1 aromatic carbocycles. The fourth-order valence-corrected chi connectivity index (χ4v) is 4.10. The second-order valence-corrected chi connectivity index (χ2v) is 7.94. The van der Waals surface area contributed by atoms with Crippen LogP contribution < -0.4 is 10.6 Å². The lowest BCUT2D eigenvalue weighted by molar-refractivity contribution is -0.138. The molecule has 0 saturated heterocycles. The van der Waals surface area contributed by atoms with Crippen molar-refractivity contribution in [3.8, 4) is 0 Å². The highest BCUT2D eigenvalue weighted by Gasteiger charge is 2.42. The number of aromatic nitrogens is 2. The quantitative estimate of drug-likeness (QED) is 0.332. The number of rotatable bonds is 7. The van der Waals surface area contributed by atoms with Crippen molar-refractivity contribution in [1.29, 1.82) is 0 Å². The summed E-state index contributed by atoms with van der Waals surface area (Å²) >= 11 is 0. The van der Waals surface area contributed by atoms with E-state index in [0.717, 1.165) is 38.2 Å². The summed E-state index contributed by atoms with van der Waals surface area (Å²) < 4.78 is 1.92. The van der Waals surface area contributed by atoms with Crippen molar-refractivity contribution in [2.45, 2.75) is 38.8 Å². The van der Waals surface area contributed by atoms with Crippen LogP contribution in [0.3, 0.4) is 0 Å². The minimum Gasteiger partial charge on any atom is -0.355 e. The van der Waals surface area contributed by atoms with Gasteiger partial charge in [0.2, 0.25) is 5.91 Å². The Labute approximate surface area is 196 Å². The van der Waals surface area contributed by atoms with Crippen LogP contribution in [0.25, 0.3) is 0 Å². The number of carbonyl (C=O) groups is 1. The summed E-state index contributed by atoms with van der Waals surface area (Å²) in [5, 5.41) is 11.1. The largest absolute Gasteiger partial charge is 0.355 e. The van der Waals surface area contributed by atoms with Crippen molar-refractivity contribution in [3.63, 3.8) is 0 Å². The molecule has 7 nitrogen and oxygen atoms in total. The van der Waals surface area contributed by atoms with E-state index in [-0.39, 0.29) is 35.3 Å². The zero-order valence-corrected chi connectivity index (χ0v) is 20.4. The van der Waals surface area contributed by atoms with Crippen molar-refractivity contribution in [2.75, 3.05) is 27.7 Å². The van der Waals surface area contributed by atoms with Crippen LogP contribution in [-0.2, 0) is 17.9 Å². The fraction of sp³-hybridized carbons (Fsp3) is 0.500. The lowest BCUT2D eigenvalue weighted by Gasteiger charge is -2.31. The first kappa shape index (κ1) is 24.2. The van der Waals surface area contributed by atoms with Gasteiger partial charge < -0.3 is 15.5 Å². The molecular weight excluding hydrogens is 491 g/mol. The summed E-state index contributed by atoms with van der Waals surface area (Å²) in [6.45, 7) is 2.00. The van der Waals surface area contributed by atoms with Crippen LogP contribution in [0.5, 0.6) is 0 Å². The zero-order valence-electron chi connectivity index (χ0n) is 18.1. The van der Waals surface area contributed by atoms with E-state index in [1.54, 1.807) is 18.1 Å². The molecule has 2 aromatic rings. The van der Waals surface area contributed by atoms with Gasteiger partial charge in [-0.05, 0) is 30.0 Å². The van der Waals surface area contributed by atoms with Gasteiger partial charge in [0.05, 0.1) is 12.0 Å². The average molecular weight is 524 g/mol. The Balaban J connectivity index is 0.00000320. The Morgan fingerprint density at radius 1 is 1.17 bits per heavy atom. The molecule has 1 saturated carbocycles. The highest BCUT2D eigenvalue weighted by atomic mass is 127. The summed E-state index contributed by atoms with van der Waals surface area (Å²) in [6.07, 6.45) is 7.83. The number of hydrogen-bond acceptors (Lipinski definition) is 3. The van der Waals surface area contributed by atoms with Gasteiger partial charge in [0, 0.05) is 46.6 Å². The van der Waals surface area contributed by atoms with Crippen LogP contribution in [0.4, 0.5) is 0 Å². The van der Waals surface area contributed by atoms with Gasteiger partial charge in [-0.3, -0.25) is 14.5 Å². The lowest BCUT2D eigenvalue weighted by Crippen LogP contribution is -2.49.